The van der Waals surface area contributed by atoms with Gasteiger partial charge in [-0.05, 0) is 18.6 Å². The molecule has 0 aromatic carbocycles. The number of aliphatic hydroxyl groups is 1. The van der Waals surface area contributed by atoms with Gasteiger partial charge in [-0.15, -0.1) is 0 Å². The molecule has 0 spiro atoms. The van der Waals surface area contributed by atoms with E-state index in [4.69, 9.17) is 0 Å². The molecule has 2 aromatic heterocycles. The first-order chi connectivity index (χ1) is 11.0. The van der Waals surface area contributed by atoms with Crippen LogP contribution in [0.3, 0.4) is 0 Å². The number of pyridine rings is 1. The number of carbonyl (C=O) groups excluding carboxylic acids is 1. The number of carbonyl (C=O) groups is 1. The van der Waals surface area contributed by atoms with Crippen molar-refractivity contribution < 1.29 is 9.90 Å². The van der Waals surface area contributed by atoms with Crippen molar-refractivity contribution in [3.63, 3.8) is 0 Å². The van der Waals surface area contributed by atoms with E-state index in [1.165, 1.54) is 6.20 Å². The van der Waals surface area contributed by atoms with Crippen LogP contribution in [0.2, 0.25) is 0 Å². The van der Waals surface area contributed by atoms with Crippen LogP contribution >= 0.6 is 0 Å². The highest BCUT2D eigenvalue weighted by atomic mass is 16.3. The predicted octanol–water partition coefficient (Wildman–Crippen LogP) is 0.528. The van der Waals surface area contributed by atoms with Gasteiger partial charge >= 0.3 is 0 Å². The zero-order valence-corrected chi connectivity index (χ0v) is 13.4. The third-order valence-electron chi connectivity index (χ3n) is 4.14. The molecule has 1 amide bonds. The Bertz CT molecular complexity index is 687. The highest BCUT2D eigenvalue weighted by molar-refractivity contribution is 5.93. The van der Waals surface area contributed by atoms with Gasteiger partial charge in [0.15, 0.2) is 0 Å². The molecule has 122 valence electrons. The van der Waals surface area contributed by atoms with E-state index in [2.05, 4.69) is 10.1 Å². The molecule has 1 saturated heterocycles. The summed E-state index contributed by atoms with van der Waals surface area (Å²) in [6.07, 6.45) is 5.56. The Morgan fingerprint density at radius 1 is 1.48 bits per heavy atom. The van der Waals surface area contributed by atoms with Crippen molar-refractivity contribution in [2.24, 2.45) is 7.05 Å². The lowest BCUT2D eigenvalue weighted by molar-refractivity contribution is 0.0264. The van der Waals surface area contributed by atoms with Crippen LogP contribution in [-0.4, -0.2) is 63.0 Å². The molecule has 1 fully saturated rings. The second-order valence-corrected chi connectivity index (χ2v) is 6.15. The molecular formula is C16H21N5O2. The van der Waals surface area contributed by atoms with Gasteiger partial charge in [0.25, 0.3) is 5.91 Å². The Hall–Kier alpha value is -2.41. The van der Waals surface area contributed by atoms with Crippen LogP contribution in [0.5, 0.6) is 0 Å². The molecule has 0 saturated carbocycles. The Morgan fingerprint density at radius 2 is 2.30 bits per heavy atom. The van der Waals surface area contributed by atoms with Gasteiger partial charge in [0, 0.05) is 39.6 Å². The first kappa shape index (κ1) is 15.5. The minimum atomic E-state index is -0.926. The Labute approximate surface area is 135 Å². The summed E-state index contributed by atoms with van der Waals surface area (Å²) in [6, 6.07) is 5.72. The largest absolute Gasteiger partial charge is 0.386 e. The van der Waals surface area contributed by atoms with Crippen molar-refractivity contribution in [2.75, 3.05) is 31.6 Å². The molecule has 7 heteroatoms. The molecule has 0 aliphatic carbocycles. The maximum Gasteiger partial charge on any atom is 0.256 e. The van der Waals surface area contributed by atoms with Crippen molar-refractivity contribution in [1.82, 2.24) is 19.7 Å². The van der Waals surface area contributed by atoms with E-state index in [0.29, 0.717) is 18.5 Å². The molecule has 23 heavy (non-hydrogen) atoms. The van der Waals surface area contributed by atoms with Crippen molar-refractivity contribution >= 4 is 11.7 Å². The molecule has 7 nitrogen and oxygen atoms in total. The van der Waals surface area contributed by atoms with Gasteiger partial charge in [-0.1, -0.05) is 6.07 Å². The molecule has 3 rings (SSSR count). The van der Waals surface area contributed by atoms with Crippen LogP contribution in [-0.2, 0) is 7.05 Å². The monoisotopic (exact) mass is 315 g/mol. The van der Waals surface area contributed by atoms with Crippen LogP contribution in [0.1, 0.15) is 16.8 Å². The number of likely N-dealkylation sites (N-methyl/N-ethyl adjacent to an activating group) is 1. The number of β-amino-alcohol motifs (C(OH)–C–C–N with tert-alkyl or cyclic N) is 1. The summed E-state index contributed by atoms with van der Waals surface area (Å²) in [6.45, 7) is 1.47. The number of aromatic nitrogens is 3. The molecule has 3 heterocycles. The second kappa shape index (κ2) is 6.00. The molecule has 0 unspecified atom stereocenters. The fourth-order valence-electron chi connectivity index (χ4n) is 2.99. The molecule has 1 N–H and O–H groups in total. The molecule has 1 aliphatic rings. The quantitative estimate of drug-likeness (QED) is 0.891. The zero-order chi connectivity index (χ0) is 16.4. The van der Waals surface area contributed by atoms with Gasteiger partial charge in [0.2, 0.25) is 0 Å². The van der Waals surface area contributed by atoms with E-state index < -0.39 is 5.60 Å². The number of nitrogens with zero attached hydrogens (tertiary/aromatic N) is 5. The average molecular weight is 315 g/mol. The van der Waals surface area contributed by atoms with Crippen LogP contribution < -0.4 is 4.90 Å². The van der Waals surface area contributed by atoms with E-state index in [0.717, 1.165) is 12.4 Å². The standard InChI is InChI=1S/C16H21N5O2/c1-19(15(22)13-9-18-20(2)10-13)11-16(23)6-8-21(12-16)14-5-3-4-7-17-14/h3-5,7,9-10,23H,6,8,11-12H2,1-2H3/t16-/m1/s1. The van der Waals surface area contributed by atoms with Crippen LogP contribution in [0.15, 0.2) is 36.8 Å². The Balaban J connectivity index is 1.64. The topological polar surface area (TPSA) is 74.5 Å². The summed E-state index contributed by atoms with van der Waals surface area (Å²) in [5.41, 5.74) is -0.400. The van der Waals surface area contributed by atoms with Gasteiger partial charge in [-0.25, -0.2) is 4.98 Å². The Morgan fingerprint density at radius 3 is 2.96 bits per heavy atom. The first-order valence-corrected chi connectivity index (χ1v) is 7.59. The summed E-state index contributed by atoms with van der Waals surface area (Å²) >= 11 is 0. The number of rotatable bonds is 4. The van der Waals surface area contributed by atoms with Crippen molar-refractivity contribution in [2.45, 2.75) is 12.0 Å². The van der Waals surface area contributed by atoms with E-state index in [9.17, 15) is 9.90 Å². The highest BCUT2D eigenvalue weighted by Gasteiger charge is 2.38. The Kier molecular flexibility index (Phi) is 4.04. The number of hydrogen-bond acceptors (Lipinski definition) is 5. The first-order valence-electron chi connectivity index (χ1n) is 7.59. The summed E-state index contributed by atoms with van der Waals surface area (Å²) in [5, 5.41) is 14.8. The van der Waals surface area contributed by atoms with E-state index in [1.807, 2.05) is 23.1 Å². The average Bonchev–Trinajstić information content (AvgIpc) is 3.14. The number of aryl methyl sites for hydroxylation is 1. The minimum absolute atomic E-state index is 0.136. The SMILES string of the molecule is CN(C[C@]1(O)CCN(c2ccccn2)C1)C(=O)c1cnn(C)c1. The summed E-state index contributed by atoms with van der Waals surface area (Å²) in [4.78, 5) is 20.3. The maximum atomic E-state index is 12.4. The smallest absolute Gasteiger partial charge is 0.256 e. The normalized spacial score (nSPS) is 20.7. The molecule has 0 bridgehead atoms. The summed E-state index contributed by atoms with van der Waals surface area (Å²) < 4.78 is 1.59. The molecule has 2 aromatic rings. The fraction of sp³-hybridized carbons (Fsp3) is 0.438. The molecule has 0 radical (unpaired) electrons. The highest BCUT2D eigenvalue weighted by Crippen LogP contribution is 2.26. The lowest BCUT2D eigenvalue weighted by Gasteiger charge is -2.29. The number of anilines is 1. The van der Waals surface area contributed by atoms with E-state index in [1.54, 1.807) is 36.1 Å². The van der Waals surface area contributed by atoms with Gasteiger partial charge in [-0.2, -0.15) is 5.10 Å². The van der Waals surface area contributed by atoms with Gasteiger partial charge < -0.3 is 14.9 Å². The molecular weight excluding hydrogens is 294 g/mol. The van der Waals surface area contributed by atoms with Crippen molar-refractivity contribution in [1.29, 1.82) is 0 Å². The fourth-order valence-corrected chi connectivity index (χ4v) is 2.99. The third kappa shape index (κ3) is 3.34. The maximum absolute atomic E-state index is 12.4. The zero-order valence-electron chi connectivity index (χ0n) is 13.4. The number of hydrogen-bond donors (Lipinski definition) is 1. The van der Waals surface area contributed by atoms with E-state index >= 15 is 0 Å². The summed E-state index contributed by atoms with van der Waals surface area (Å²) in [5.74, 6) is 0.715. The van der Waals surface area contributed by atoms with Gasteiger partial charge in [-0.3, -0.25) is 9.48 Å². The van der Waals surface area contributed by atoms with Crippen LogP contribution in [0.4, 0.5) is 5.82 Å². The molecule has 1 atom stereocenters. The van der Waals surface area contributed by atoms with Gasteiger partial charge in [0.05, 0.1) is 18.3 Å². The summed E-state index contributed by atoms with van der Waals surface area (Å²) in [7, 11) is 3.47. The second-order valence-electron chi connectivity index (χ2n) is 6.15. The van der Waals surface area contributed by atoms with Crippen LogP contribution in [0, 0.1) is 0 Å². The lowest BCUT2D eigenvalue weighted by atomic mass is 10.0. The van der Waals surface area contributed by atoms with Gasteiger partial charge in [0.1, 0.15) is 11.4 Å². The van der Waals surface area contributed by atoms with Crippen molar-refractivity contribution in [3.8, 4) is 0 Å². The number of amides is 1. The lowest BCUT2D eigenvalue weighted by Crippen LogP contribution is -2.45. The third-order valence-corrected chi connectivity index (χ3v) is 4.14. The predicted molar refractivity (Wildman–Crippen MR) is 86.2 cm³/mol. The minimum Gasteiger partial charge on any atom is -0.386 e. The van der Waals surface area contributed by atoms with Crippen molar-refractivity contribution in [3.05, 3.63) is 42.4 Å². The van der Waals surface area contributed by atoms with E-state index in [-0.39, 0.29) is 12.5 Å². The molecule has 1 aliphatic heterocycles. The van der Waals surface area contributed by atoms with Crippen LogP contribution in [0.25, 0.3) is 0 Å².